The molecule has 1 unspecified atom stereocenters. The number of imidazole rings is 1. The molecule has 3 aliphatic heterocycles. The lowest BCUT2D eigenvalue weighted by Crippen LogP contribution is -2.44. The number of H-pyrrole nitrogens is 1. The van der Waals surface area contributed by atoms with E-state index >= 15 is 0 Å². The first kappa shape index (κ1) is 25.1. The number of hydrogen-bond donors (Lipinski definition) is 2. The molecule has 11 nitrogen and oxygen atoms in total. The first-order chi connectivity index (χ1) is 17.8. The van der Waals surface area contributed by atoms with Crippen LogP contribution in [0.3, 0.4) is 0 Å². The Morgan fingerprint density at radius 1 is 1.03 bits per heavy atom. The number of nitrogens with zero attached hydrogens (tertiary/aromatic N) is 3. The summed E-state index contributed by atoms with van der Waals surface area (Å²) in [6, 6.07) is 6.62. The number of benzene rings is 1. The Hall–Kier alpha value is -3.19. The molecule has 2 N–H and O–H groups in total. The maximum atomic E-state index is 14.5. The van der Waals surface area contributed by atoms with Crippen LogP contribution in [-0.2, 0) is 14.2 Å². The summed E-state index contributed by atoms with van der Waals surface area (Å²) in [4.78, 5) is 51.9. The van der Waals surface area contributed by atoms with E-state index < -0.39 is 55.7 Å². The fourth-order valence-corrected chi connectivity index (χ4v) is 7.81. The van der Waals surface area contributed by atoms with Crippen molar-refractivity contribution in [3.8, 4) is 0 Å². The number of amides is 1. The van der Waals surface area contributed by atoms with Gasteiger partial charge in [-0.2, -0.15) is 4.98 Å². The molecule has 38 heavy (non-hydrogen) atoms. The van der Waals surface area contributed by atoms with Crippen molar-refractivity contribution in [3.05, 3.63) is 52.1 Å². The Balaban J connectivity index is 1.59. The molecule has 12 heteroatoms. The molecule has 1 spiro atoms. The molecular formula is C26H31N5O6Si. The quantitative estimate of drug-likeness (QED) is 0.473. The first-order valence-electron chi connectivity index (χ1n) is 12.7. The van der Waals surface area contributed by atoms with Gasteiger partial charge in [-0.3, -0.25) is 29.3 Å². The van der Waals surface area contributed by atoms with Gasteiger partial charge in [-0.1, -0.05) is 18.2 Å². The number of Topliss-reactive ketones (excluding diaryl/α,β-unsaturated/α-hetero) is 1. The van der Waals surface area contributed by atoms with Crippen molar-refractivity contribution in [3.63, 3.8) is 0 Å². The average Bonchev–Trinajstić information content (AvgIpc) is 3.15. The third-order valence-corrected chi connectivity index (χ3v) is 9.28. The summed E-state index contributed by atoms with van der Waals surface area (Å²) in [5.41, 5.74) is -0.984. The van der Waals surface area contributed by atoms with E-state index in [0.717, 1.165) is 0 Å². The van der Waals surface area contributed by atoms with E-state index in [1.165, 1.54) is 6.33 Å². The number of fused-ring (bicyclic) bond motifs is 4. The minimum Gasteiger partial charge on any atom is -0.374 e. The molecule has 3 aromatic rings. The molecule has 1 amide bonds. The van der Waals surface area contributed by atoms with Crippen LogP contribution in [0.4, 0.5) is 5.95 Å². The number of ketones is 1. The Bertz CT molecular complexity index is 1540. The molecule has 0 radical (unpaired) electrons. The van der Waals surface area contributed by atoms with Crippen LogP contribution in [0.5, 0.6) is 0 Å². The van der Waals surface area contributed by atoms with Crippen molar-refractivity contribution in [1.29, 1.82) is 0 Å². The SMILES string of the molecule is CC(C)(C)OC1[SiH2][C@@]12O[C@@H]1[C@H](C(=O)c3ccccc3C(=O)Nc3nc4c(ncn41)c(=O)[nH]3)[C@@H]2OC(C)(C)C. The van der Waals surface area contributed by atoms with Crippen LogP contribution in [0, 0.1) is 5.92 Å². The van der Waals surface area contributed by atoms with Crippen LogP contribution in [0.25, 0.3) is 11.2 Å². The van der Waals surface area contributed by atoms with Gasteiger partial charge in [0.05, 0.1) is 34.7 Å². The summed E-state index contributed by atoms with van der Waals surface area (Å²) in [5.74, 6) is -1.73. The number of aromatic nitrogens is 4. The van der Waals surface area contributed by atoms with Gasteiger partial charge in [0, 0.05) is 5.56 Å². The third kappa shape index (κ3) is 4.03. The summed E-state index contributed by atoms with van der Waals surface area (Å²) < 4.78 is 21.5. The maximum absolute atomic E-state index is 14.5. The Morgan fingerprint density at radius 2 is 1.71 bits per heavy atom. The van der Waals surface area contributed by atoms with Gasteiger partial charge in [0.15, 0.2) is 16.9 Å². The minimum atomic E-state index is -1.01. The fraction of sp³-hybridized carbons (Fsp3) is 0.500. The number of aromatic amines is 1. The topological polar surface area (TPSA) is 137 Å². The minimum absolute atomic E-state index is 0.0418. The standard InChI is InChI=1S/C26H31N5O6Si/c1-24(2,3)35-17-14-16(32)12-9-7-8-10-13(12)19(33)29-23-28-18-15(20(34)30-23)27-11-31(18)21(14)36-26(17)22(38-26)37-25(4,5)6/h7-11,14,17,21-22H,38H2,1-6H3,(H2,28,29,30,33,34)/t14-,17+,21-,22?,26-/m1/s1. The third-order valence-electron chi connectivity index (χ3n) is 7.00. The number of ether oxygens (including phenoxy) is 3. The molecule has 3 aliphatic rings. The van der Waals surface area contributed by atoms with E-state index in [4.69, 9.17) is 14.2 Å². The van der Waals surface area contributed by atoms with Crippen LogP contribution in [0.15, 0.2) is 35.4 Å². The van der Waals surface area contributed by atoms with Crippen LogP contribution in [0.2, 0.25) is 0 Å². The number of rotatable bonds is 2. The van der Waals surface area contributed by atoms with Gasteiger partial charge in [-0.05, 0) is 47.6 Å². The molecule has 2 fully saturated rings. The smallest absolute Gasteiger partial charge is 0.280 e. The fourth-order valence-electron chi connectivity index (χ4n) is 5.51. The summed E-state index contributed by atoms with van der Waals surface area (Å²) in [6.45, 7) is 11.8. The number of carbonyl (C=O) groups is 2. The molecule has 2 bridgehead atoms. The summed E-state index contributed by atoms with van der Waals surface area (Å²) in [6.07, 6.45) is -0.0524. The Morgan fingerprint density at radius 3 is 2.39 bits per heavy atom. The largest absolute Gasteiger partial charge is 0.374 e. The van der Waals surface area contributed by atoms with Crippen LogP contribution in [0.1, 0.15) is 68.5 Å². The van der Waals surface area contributed by atoms with E-state index in [-0.39, 0.29) is 39.7 Å². The van der Waals surface area contributed by atoms with Gasteiger partial charge in [-0.25, -0.2) is 4.98 Å². The highest BCUT2D eigenvalue weighted by atomic mass is 28.2. The second-order valence-corrected chi connectivity index (χ2v) is 14.4. The van der Waals surface area contributed by atoms with Crippen LogP contribution < -0.4 is 10.9 Å². The van der Waals surface area contributed by atoms with Gasteiger partial charge in [0.25, 0.3) is 11.5 Å². The zero-order valence-electron chi connectivity index (χ0n) is 22.2. The molecule has 0 saturated carbocycles. The number of hydrogen-bond acceptors (Lipinski definition) is 8. The summed E-state index contributed by atoms with van der Waals surface area (Å²) >= 11 is 0. The summed E-state index contributed by atoms with van der Waals surface area (Å²) in [7, 11) is -1.01. The molecule has 5 atom stereocenters. The zero-order valence-corrected chi connectivity index (χ0v) is 23.6. The second-order valence-electron chi connectivity index (χ2n) is 12.2. The van der Waals surface area contributed by atoms with E-state index in [2.05, 4.69) is 20.3 Å². The lowest BCUT2D eigenvalue weighted by atomic mass is 9.87. The van der Waals surface area contributed by atoms with E-state index in [9.17, 15) is 14.4 Å². The van der Waals surface area contributed by atoms with Crippen LogP contribution in [-0.4, -0.2) is 69.0 Å². The van der Waals surface area contributed by atoms with Crippen molar-refractivity contribution in [2.24, 2.45) is 5.92 Å². The lowest BCUT2D eigenvalue weighted by Gasteiger charge is -2.32. The molecule has 0 aliphatic carbocycles. The molecule has 6 rings (SSSR count). The zero-order chi connectivity index (χ0) is 27.2. The highest BCUT2D eigenvalue weighted by molar-refractivity contribution is 6.56. The van der Waals surface area contributed by atoms with Crippen LogP contribution >= 0.6 is 0 Å². The predicted molar refractivity (Wildman–Crippen MR) is 141 cm³/mol. The highest BCUT2D eigenvalue weighted by Gasteiger charge is 2.73. The second kappa shape index (κ2) is 8.15. The molecule has 200 valence electrons. The maximum Gasteiger partial charge on any atom is 0.280 e. The predicted octanol–water partition coefficient (Wildman–Crippen LogP) is 1.92. The van der Waals surface area contributed by atoms with Gasteiger partial charge in [0.1, 0.15) is 27.1 Å². The molecule has 1 aromatic carbocycles. The van der Waals surface area contributed by atoms with E-state index in [1.807, 2.05) is 41.5 Å². The molecular weight excluding hydrogens is 506 g/mol. The number of carbonyl (C=O) groups excluding carboxylic acids is 2. The van der Waals surface area contributed by atoms with Gasteiger partial charge in [0.2, 0.25) is 5.95 Å². The first-order valence-corrected chi connectivity index (χ1v) is 14.2. The monoisotopic (exact) mass is 537 g/mol. The van der Waals surface area contributed by atoms with Crippen molar-refractivity contribution >= 4 is 38.3 Å². The van der Waals surface area contributed by atoms with Crippen molar-refractivity contribution in [2.45, 2.75) is 76.0 Å². The lowest BCUT2D eigenvalue weighted by molar-refractivity contribution is -0.136. The number of nitrogens with one attached hydrogen (secondary N) is 2. The Labute approximate surface area is 221 Å². The molecule has 5 heterocycles. The van der Waals surface area contributed by atoms with E-state index in [1.54, 1.807) is 28.8 Å². The van der Waals surface area contributed by atoms with Crippen molar-refractivity contribution in [2.75, 3.05) is 5.32 Å². The molecule has 2 aromatic heterocycles. The Kier molecular flexibility index (Phi) is 5.39. The summed E-state index contributed by atoms with van der Waals surface area (Å²) in [5, 5.41) is 1.85. The van der Waals surface area contributed by atoms with Gasteiger partial charge < -0.3 is 14.2 Å². The number of anilines is 1. The van der Waals surface area contributed by atoms with E-state index in [0.29, 0.717) is 0 Å². The van der Waals surface area contributed by atoms with Crippen molar-refractivity contribution < 1.29 is 23.8 Å². The van der Waals surface area contributed by atoms with Gasteiger partial charge >= 0.3 is 0 Å². The molecule has 2 saturated heterocycles. The normalized spacial score (nSPS) is 29.4. The van der Waals surface area contributed by atoms with Crippen molar-refractivity contribution in [1.82, 2.24) is 19.5 Å². The highest BCUT2D eigenvalue weighted by Crippen LogP contribution is 2.55. The average molecular weight is 538 g/mol. The van der Waals surface area contributed by atoms with Gasteiger partial charge in [-0.15, -0.1) is 0 Å².